The minimum atomic E-state index is -0.723. The summed E-state index contributed by atoms with van der Waals surface area (Å²) in [5.74, 6) is 1.48. The number of hydrogen-bond donors (Lipinski definition) is 3. The highest BCUT2D eigenvalue weighted by molar-refractivity contribution is 5.74. The summed E-state index contributed by atoms with van der Waals surface area (Å²) in [6.45, 7) is 3.16. The molecule has 2 heterocycles. The molecule has 1 aromatic heterocycles. The predicted octanol–water partition coefficient (Wildman–Crippen LogP) is 2.57. The summed E-state index contributed by atoms with van der Waals surface area (Å²) in [4.78, 5) is 12.0. The Morgan fingerprint density at radius 2 is 2.24 bits per heavy atom. The minimum Gasteiger partial charge on any atom is -0.493 e. The summed E-state index contributed by atoms with van der Waals surface area (Å²) < 4.78 is 10.7. The molecule has 3 rings (SSSR count). The monoisotopic (exact) mass is 344 g/mol. The Morgan fingerprint density at radius 1 is 1.36 bits per heavy atom. The molecule has 2 aromatic rings. The lowest BCUT2D eigenvalue weighted by molar-refractivity contribution is 0.129. The molecule has 2 amide bonds. The molecule has 0 aliphatic carbocycles. The fraction of sp³-hybridized carbons (Fsp3) is 0.421. The third-order valence-corrected chi connectivity index (χ3v) is 4.28. The van der Waals surface area contributed by atoms with Crippen molar-refractivity contribution in [2.75, 3.05) is 13.2 Å². The van der Waals surface area contributed by atoms with Gasteiger partial charge in [-0.3, -0.25) is 0 Å². The second-order valence-corrected chi connectivity index (χ2v) is 6.36. The highest BCUT2D eigenvalue weighted by Crippen LogP contribution is 2.25. The Kier molecular flexibility index (Phi) is 5.60. The van der Waals surface area contributed by atoms with E-state index in [9.17, 15) is 9.90 Å². The molecule has 3 N–H and O–H groups in total. The number of amides is 2. The maximum absolute atomic E-state index is 12.0. The van der Waals surface area contributed by atoms with Crippen molar-refractivity contribution in [2.45, 2.75) is 38.3 Å². The van der Waals surface area contributed by atoms with E-state index in [0.29, 0.717) is 18.7 Å². The van der Waals surface area contributed by atoms with E-state index >= 15 is 0 Å². The molecule has 1 aliphatic rings. The number of hydrogen-bond acceptors (Lipinski definition) is 4. The topological polar surface area (TPSA) is 83.7 Å². The molecule has 0 fully saturated rings. The summed E-state index contributed by atoms with van der Waals surface area (Å²) in [6.07, 6.45) is 2.91. The molecule has 6 heteroatoms. The van der Waals surface area contributed by atoms with Crippen molar-refractivity contribution in [2.24, 2.45) is 0 Å². The maximum atomic E-state index is 12.0. The lowest BCUT2D eigenvalue weighted by Gasteiger charge is -2.17. The smallest absolute Gasteiger partial charge is 0.315 e. The standard InChI is InChI=1S/C19H24N2O4/c1-13(11-16(22)18-3-2-9-24-18)21-19(23)20-8-6-14-4-5-17-15(12-14)7-10-25-17/h2-5,9,12-13,16,22H,6-8,10-11H2,1H3,(H2,20,21,23)/t13-,16-/m1/s1. The molecule has 134 valence electrons. The Morgan fingerprint density at radius 3 is 3.04 bits per heavy atom. The number of furan rings is 1. The highest BCUT2D eigenvalue weighted by atomic mass is 16.5. The van der Waals surface area contributed by atoms with Crippen molar-refractivity contribution < 1.29 is 19.1 Å². The van der Waals surface area contributed by atoms with Gasteiger partial charge in [0, 0.05) is 25.4 Å². The first-order chi connectivity index (χ1) is 12.1. The molecule has 0 unspecified atom stereocenters. The van der Waals surface area contributed by atoms with Gasteiger partial charge in [-0.1, -0.05) is 12.1 Å². The number of carbonyl (C=O) groups excluding carboxylic acids is 1. The summed E-state index contributed by atoms with van der Waals surface area (Å²) >= 11 is 0. The quantitative estimate of drug-likeness (QED) is 0.721. The Hall–Kier alpha value is -2.47. The average Bonchev–Trinajstić information content (AvgIpc) is 3.26. The van der Waals surface area contributed by atoms with Crippen LogP contribution < -0.4 is 15.4 Å². The highest BCUT2D eigenvalue weighted by Gasteiger charge is 2.16. The lowest BCUT2D eigenvalue weighted by Crippen LogP contribution is -2.42. The van der Waals surface area contributed by atoms with Crippen molar-refractivity contribution in [1.29, 1.82) is 0 Å². The van der Waals surface area contributed by atoms with Gasteiger partial charge in [-0.15, -0.1) is 0 Å². The van der Waals surface area contributed by atoms with Gasteiger partial charge >= 0.3 is 6.03 Å². The summed E-state index contributed by atoms with van der Waals surface area (Å²) in [6, 6.07) is 9.22. The van der Waals surface area contributed by atoms with E-state index in [1.165, 1.54) is 17.4 Å². The Bertz CT molecular complexity index is 699. The molecule has 0 spiro atoms. The van der Waals surface area contributed by atoms with Crippen LogP contribution in [-0.4, -0.2) is 30.3 Å². The molecule has 2 atom stereocenters. The van der Waals surface area contributed by atoms with Crippen molar-refractivity contribution in [3.8, 4) is 5.75 Å². The van der Waals surface area contributed by atoms with Gasteiger partial charge in [0.15, 0.2) is 0 Å². The number of urea groups is 1. The number of aliphatic hydroxyl groups excluding tert-OH is 1. The summed E-state index contributed by atoms with van der Waals surface area (Å²) in [5, 5.41) is 15.7. The first-order valence-electron chi connectivity index (χ1n) is 8.62. The molecule has 25 heavy (non-hydrogen) atoms. The zero-order valence-corrected chi connectivity index (χ0v) is 14.3. The van der Waals surface area contributed by atoms with Gasteiger partial charge in [-0.05, 0) is 42.7 Å². The average molecular weight is 344 g/mol. The Labute approximate surface area is 147 Å². The number of carbonyl (C=O) groups is 1. The van der Waals surface area contributed by atoms with E-state index in [2.05, 4.69) is 16.7 Å². The molecule has 0 radical (unpaired) electrons. The van der Waals surface area contributed by atoms with Gasteiger partial charge in [0.1, 0.15) is 17.6 Å². The van der Waals surface area contributed by atoms with Crippen LogP contribution in [-0.2, 0) is 12.8 Å². The molecule has 1 aliphatic heterocycles. The lowest BCUT2D eigenvalue weighted by atomic mass is 10.1. The van der Waals surface area contributed by atoms with Gasteiger partial charge in [-0.2, -0.15) is 0 Å². The van der Waals surface area contributed by atoms with Crippen LogP contribution in [0.1, 0.15) is 36.3 Å². The van der Waals surface area contributed by atoms with Crippen LogP contribution in [0.5, 0.6) is 5.75 Å². The predicted molar refractivity (Wildman–Crippen MR) is 93.6 cm³/mol. The van der Waals surface area contributed by atoms with E-state index in [1.54, 1.807) is 12.1 Å². The van der Waals surface area contributed by atoms with Crippen LogP contribution in [0.25, 0.3) is 0 Å². The fourth-order valence-corrected chi connectivity index (χ4v) is 2.98. The number of nitrogens with one attached hydrogen (secondary N) is 2. The molecule has 0 saturated heterocycles. The molecule has 1 aromatic carbocycles. The second kappa shape index (κ2) is 8.07. The van der Waals surface area contributed by atoms with Gasteiger partial charge in [0.25, 0.3) is 0 Å². The van der Waals surface area contributed by atoms with Crippen molar-refractivity contribution in [3.05, 3.63) is 53.5 Å². The Balaban J connectivity index is 1.37. The van der Waals surface area contributed by atoms with Crippen LogP contribution in [0, 0.1) is 0 Å². The van der Waals surface area contributed by atoms with Gasteiger partial charge in [0.05, 0.1) is 12.9 Å². The van der Waals surface area contributed by atoms with Crippen LogP contribution in [0.4, 0.5) is 4.79 Å². The third kappa shape index (κ3) is 4.76. The molecule has 6 nitrogen and oxygen atoms in total. The van der Waals surface area contributed by atoms with Gasteiger partial charge in [0.2, 0.25) is 0 Å². The van der Waals surface area contributed by atoms with E-state index in [4.69, 9.17) is 9.15 Å². The van der Waals surface area contributed by atoms with Crippen LogP contribution in [0.15, 0.2) is 41.0 Å². The second-order valence-electron chi connectivity index (χ2n) is 6.36. The number of ether oxygens (including phenoxy) is 1. The summed E-state index contributed by atoms with van der Waals surface area (Å²) in [5.41, 5.74) is 2.42. The van der Waals surface area contributed by atoms with Crippen molar-refractivity contribution >= 4 is 6.03 Å². The van der Waals surface area contributed by atoms with Crippen LogP contribution in [0.2, 0.25) is 0 Å². The normalized spacial score (nSPS) is 15.1. The first kappa shape index (κ1) is 17.4. The van der Waals surface area contributed by atoms with Gasteiger partial charge in [-0.25, -0.2) is 4.79 Å². The van der Waals surface area contributed by atoms with E-state index in [1.807, 2.05) is 19.1 Å². The van der Waals surface area contributed by atoms with Crippen molar-refractivity contribution in [1.82, 2.24) is 10.6 Å². The van der Waals surface area contributed by atoms with Crippen LogP contribution >= 0.6 is 0 Å². The SMILES string of the molecule is C[C@H](C[C@@H](O)c1ccco1)NC(=O)NCCc1ccc2c(c1)CCO2. The van der Waals surface area contributed by atoms with E-state index < -0.39 is 6.10 Å². The number of fused-ring (bicyclic) bond motifs is 1. The van der Waals surface area contributed by atoms with Crippen LogP contribution in [0.3, 0.4) is 0 Å². The number of aliphatic hydroxyl groups is 1. The largest absolute Gasteiger partial charge is 0.493 e. The first-order valence-corrected chi connectivity index (χ1v) is 8.62. The number of benzene rings is 1. The maximum Gasteiger partial charge on any atom is 0.315 e. The molecular formula is C19H24N2O4. The zero-order chi connectivity index (χ0) is 17.6. The molecule has 0 saturated carbocycles. The number of rotatable bonds is 7. The fourth-order valence-electron chi connectivity index (χ4n) is 2.98. The van der Waals surface area contributed by atoms with E-state index in [-0.39, 0.29) is 12.1 Å². The molecule has 0 bridgehead atoms. The van der Waals surface area contributed by atoms with Crippen molar-refractivity contribution in [3.63, 3.8) is 0 Å². The zero-order valence-electron chi connectivity index (χ0n) is 14.3. The third-order valence-electron chi connectivity index (χ3n) is 4.28. The minimum absolute atomic E-state index is 0.169. The van der Waals surface area contributed by atoms with E-state index in [0.717, 1.165) is 25.2 Å². The summed E-state index contributed by atoms with van der Waals surface area (Å²) in [7, 11) is 0. The molecular weight excluding hydrogens is 320 g/mol. The van der Waals surface area contributed by atoms with Gasteiger partial charge < -0.3 is 24.9 Å².